The predicted molar refractivity (Wildman–Crippen MR) is 75.9 cm³/mol. The summed E-state index contributed by atoms with van der Waals surface area (Å²) in [4.78, 5) is 8.47. The Balaban J connectivity index is 2.01. The lowest BCUT2D eigenvalue weighted by Crippen LogP contribution is -2.27. The minimum atomic E-state index is 0.285. The van der Waals surface area contributed by atoms with Crippen LogP contribution in [-0.2, 0) is 11.2 Å². The number of nitrogen functional groups attached to an aromatic ring is 1. The lowest BCUT2D eigenvalue weighted by Gasteiger charge is -2.23. The predicted octanol–water partition coefficient (Wildman–Crippen LogP) is 1.70. The van der Waals surface area contributed by atoms with E-state index in [1.165, 1.54) is 19.2 Å². The molecule has 2 heterocycles. The van der Waals surface area contributed by atoms with Crippen LogP contribution in [0.15, 0.2) is 6.33 Å². The maximum absolute atomic E-state index is 5.71. The fourth-order valence-electron chi connectivity index (χ4n) is 2.35. The van der Waals surface area contributed by atoms with E-state index >= 15 is 0 Å². The summed E-state index contributed by atoms with van der Waals surface area (Å²) < 4.78 is 5.71. The molecule has 0 aliphatic carbocycles. The van der Waals surface area contributed by atoms with Crippen molar-refractivity contribution >= 4 is 11.6 Å². The van der Waals surface area contributed by atoms with Gasteiger partial charge in [0.15, 0.2) is 0 Å². The van der Waals surface area contributed by atoms with Gasteiger partial charge < -0.3 is 15.5 Å². The molecular formula is C13H23N5O. The first kappa shape index (κ1) is 14.0. The van der Waals surface area contributed by atoms with E-state index in [1.807, 2.05) is 0 Å². The molecule has 2 rings (SSSR count). The minimum absolute atomic E-state index is 0.285. The molecular weight excluding hydrogens is 242 g/mol. The molecule has 1 fully saturated rings. The number of hydrazine groups is 1. The highest BCUT2D eigenvalue weighted by molar-refractivity contribution is 5.56. The Bertz CT molecular complexity index is 393. The monoisotopic (exact) mass is 265 g/mol. The smallest absolute Gasteiger partial charge is 0.148 e. The molecule has 0 spiro atoms. The molecule has 6 heteroatoms. The number of nitrogens with two attached hydrogens (primary N) is 1. The van der Waals surface area contributed by atoms with E-state index in [1.54, 1.807) is 0 Å². The number of anilines is 2. The van der Waals surface area contributed by atoms with Gasteiger partial charge in [-0.15, -0.1) is 0 Å². The number of ether oxygens (including phenoxy) is 1. The van der Waals surface area contributed by atoms with E-state index in [9.17, 15) is 0 Å². The highest BCUT2D eigenvalue weighted by Crippen LogP contribution is 2.21. The van der Waals surface area contributed by atoms with Crippen molar-refractivity contribution in [2.75, 3.05) is 23.9 Å². The average Bonchev–Trinajstić information content (AvgIpc) is 2.47. The van der Waals surface area contributed by atoms with Crippen molar-refractivity contribution in [2.45, 2.75) is 45.1 Å². The van der Waals surface area contributed by atoms with E-state index in [4.69, 9.17) is 10.6 Å². The molecule has 1 aliphatic heterocycles. The van der Waals surface area contributed by atoms with E-state index in [0.717, 1.165) is 43.8 Å². The Morgan fingerprint density at radius 1 is 1.37 bits per heavy atom. The molecule has 1 unspecified atom stereocenters. The van der Waals surface area contributed by atoms with Crippen molar-refractivity contribution in [1.29, 1.82) is 0 Å². The summed E-state index contributed by atoms with van der Waals surface area (Å²) in [5.41, 5.74) is 3.68. The largest absolute Gasteiger partial charge is 0.376 e. The van der Waals surface area contributed by atoms with Crippen molar-refractivity contribution in [3.05, 3.63) is 11.9 Å². The van der Waals surface area contributed by atoms with Gasteiger partial charge in [0.1, 0.15) is 18.0 Å². The summed E-state index contributed by atoms with van der Waals surface area (Å²) in [6.07, 6.45) is 7.26. The van der Waals surface area contributed by atoms with E-state index in [-0.39, 0.29) is 6.10 Å². The Morgan fingerprint density at radius 2 is 2.21 bits per heavy atom. The van der Waals surface area contributed by atoms with Crippen LogP contribution < -0.4 is 16.6 Å². The SMILES string of the molecule is CCCc1c(NN)ncnc1NCC1CCCCO1. The number of hydrogen-bond acceptors (Lipinski definition) is 6. The van der Waals surface area contributed by atoms with Crippen molar-refractivity contribution in [1.82, 2.24) is 9.97 Å². The summed E-state index contributed by atoms with van der Waals surface area (Å²) in [6, 6.07) is 0. The van der Waals surface area contributed by atoms with Gasteiger partial charge >= 0.3 is 0 Å². The van der Waals surface area contributed by atoms with E-state index in [0.29, 0.717) is 5.82 Å². The van der Waals surface area contributed by atoms with Gasteiger partial charge in [-0.3, -0.25) is 0 Å². The topological polar surface area (TPSA) is 85.1 Å². The zero-order chi connectivity index (χ0) is 13.5. The quantitative estimate of drug-likeness (QED) is 0.536. The first-order valence-corrected chi connectivity index (χ1v) is 7.01. The third kappa shape index (κ3) is 3.78. The van der Waals surface area contributed by atoms with Crippen LogP contribution in [0.25, 0.3) is 0 Å². The molecule has 19 heavy (non-hydrogen) atoms. The van der Waals surface area contributed by atoms with Gasteiger partial charge in [-0.1, -0.05) is 13.3 Å². The van der Waals surface area contributed by atoms with Gasteiger partial charge in [0, 0.05) is 18.7 Å². The molecule has 106 valence electrons. The highest BCUT2D eigenvalue weighted by atomic mass is 16.5. The second-order valence-corrected chi connectivity index (χ2v) is 4.81. The van der Waals surface area contributed by atoms with Crippen LogP contribution in [0.5, 0.6) is 0 Å². The van der Waals surface area contributed by atoms with Crippen molar-refractivity contribution in [3.63, 3.8) is 0 Å². The second kappa shape index (κ2) is 7.25. The lowest BCUT2D eigenvalue weighted by atomic mass is 10.1. The maximum atomic E-state index is 5.71. The van der Waals surface area contributed by atoms with Crippen LogP contribution in [-0.4, -0.2) is 29.2 Å². The summed E-state index contributed by atoms with van der Waals surface area (Å²) in [5.74, 6) is 7.05. The number of nitrogens with one attached hydrogen (secondary N) is 2. The third-order valence-electron chi connectivity index (χ3n) is 3.35. The Labute approximate surface area is 114 Å². The fraction of sp³-hybridized carbons (Fsp3) is 0.692. The van der Waals surface area contributed by atoms with Crippen LogP contribution in [0, 0.1) is 0 Å². The van der Waals surface area contributed by atoms with Gasteiger partial charge in [-0.2, -0.15) is 0 Å². The maximum Gasteiger partial charge on any atom is 0.148 e. The third-order valence-corrected chi connectivity index (χ3v) is 3.35. The number of rotatable bonds is 6. The normalized spacial score (nSPS) is 19.2. The van der Waals surface area contributed by atoms with E-state index < -0.39 is 0 Å². The molecule has 4 N–H and O–H groups in total. The van der Waals surface area contributed by atoms with Crippen molar-refractivity contribution < 1.29 is 4.74 Å². The fourth-order valence-corrected chi connectivity index (χ4v) is 2.35. The van der Waals surface area contributed by atoms with Gasteiger partial charge in [-0.25, -0.2) is 15.8 Å². The highest BCUT2D eigenvalue weighted by Gasteiger charge is 2.15. The molecule has 0 amide bonds. The second-order valence-electron chi connectivity index (χ2n) is 4.81. The summed E-state index contributed by atoms with van der Waals surface area (Å²) in [5, 5.41) is 3.37. The number of nitrogens with zero attached hydrogens (tertiary/aromatic N) is 2. The Hall–Kier alpha value is -1.40. The standard InChI is InChI=1S/C13H23N5O/c1-2-5-11-12(16-9-17-13(11)18-14)15-8-10-6-3-4-7-19-10/h9-10H,2-8,14H2,1H3,(H2,15,16,17,18). The van der Waals surface area contributed by atoms with Crippen molar-refractivity contribution in [3.8, 4) is 0 Å². The summed E-state index contributed by atoms with van der Waals surface area (Å²) in [7, 11) is 0. The molecule has 1 aromatic rings. The van der Waals surface area contributed by atoms with Crippen LogP contribution in [0.4, 0.5) is 11.6 Å². The van der Waals surface area contributed by atoms with Crippen LogP contribution in [0.3, 0.4) is 0 Å². The van der Waals surface area contributed by atoms with Crippen molar-refractivity contribution in [2.24, 2.45) is 5.84 Å². The molecule has 0 saturated carbocycles. The summed E-state index contributed by atoms with van der Waals surface area (Å²) in [6.45, 7) is 3.78. The molecule has 1 saturated heterocycles. The first-order chi connectivity index (χ1) is 9.35. The lowest BCUT2D eigenvalue weighted by molar-refractivity contribution is 0.0247. The molecule has 1 aromatic heterocycles. The van der Waals surface area contributed by atoms with Crippen LogP contribution in [0.2, 0.25) is 0 Å². The summed E-state index contributed by atoms with van der Waals surface area (Å²) >= 11 is 0. The molecule has 0 aromatic carbocycles. The number of aromatic nitrogens is 2. The zero-order valence-corrected chi connectivity index (χ0v) is 11.5. The van der Waals surface area contributed by atoms with Crippen LogP contribution >= 0.6 is 0 Å². The molecule has 1 atom stereocenters. The zero-order valence-electron chi connectivity index (χ0n) is 11.5. The van der Waals surface area contributed by atoms with Crippen LogP contribution in [0.1, 0.15) is 38.2 Å². The molecule has 1 aliphatic rings. The van der Waals surface area contributed by atoms with E-state index in [2.05, 4.69) is 27.6 Å². The Kier molecular flexibility index (Phi) is 5.35. The van der Waals surface area contributed by atoms with Gasteiger partial charge in [0.05, 0.1) is 6.10 Å². The molecule has 0 radical (unpaired) electrons. The van der Waals surface area contributed by atoms with Gasteiger partial charge in [0.2, 0.25) is 0 Å². The number of hydrogen-bond donors (Lipinski definition) is 3. The Morgan fingerprint density at radius 3 is 2.89 bits per heavy atom. The minimum Gasteiger partial charge on any atom is -0.376 e. The van der Waals surface area contributed by atoms with Gasteiger partial charge in [-0.05, 0) is 25.7 Å². The average molecular weight is 265 g/mol. The first-order valence-electron chi connectivity index (χ1n) is 7.01. The van der Waals surface area contributed by atoms with Gasteiger partial charge in [0.25, 0.3) is 0 Å². The molecule has 6 nitrogen and oxygen atoms in total. The molecule has 0 bridgehead atoms.